The van der Waals surface area contributed by atoms with Crippen molar-refractivity contribution in [3.63, 3.8) is 0 Å². The minimum Gasteiger partial charge on any atom is -0.497 e. The smallest absolute Gasteiger partial charge is 0.343 e. The average Bonchev–Trinajstić information content (AvgIpc) is 3.42. The van der Waals surface area contributed by atoms with Crippen LogP contribution < -0.4 is 28.4 Å². The number of hydrogen-bond donors (Lipinski definition) is 0. The molecule has 0 unspecified atom stereocenters. The molecule has 9 nitrogen and oxygen atoms in total. The van der Waals surface area contributed by atoms with Gasteiger partial charge in [0.15, 0.2) is 17.3 Å². The molecule has 9 heteroatoms. The van der Waals surface area contributed by atoms with Crippen molar-refractivity contribution in [3.8, 4) is 34.5 Å². The molecule has 0 fully saturated rings. The van der Waals surface area contributed by atoms with Gasteiger partial charge < -0.3 is 33.0 Å². The highest BCUT2D eigenvalue weighted by atomic mass is 16.5. The Morgan fingerprint density at radius 2 is 1.58 bits per heavy atom. The molecule has 0 spiro atoms. The van der Waals surface area contributed by atoms with Crippen LogP contribution in [-0.4, -0.2) is 44.8 Å². The first kappa shape index (κ1) is 24.8. The number of methoxy groups -OCH3 is 4. The Morgan fingerprint density at radius 1 is 0.868 bits per heavy atom. The maximum atomic E-state index is 13.1. The van der Waals surface area contributed by atoms with Crippen molar-refractivity contribution in [2.24, 2.45) is 7.05 Å². The molecule has 1 aromatic heterocycles. The Balaban J connectivity index is 1.41. The third-order valence-corrected chi connectivity index (χ3v) is 6.27. The predicted molar refractivity (Wildman–Crippen MR) is 140 cm³/mol. The van der Waals surface area contributed by atoms with E-state index in [4.69, 9.17) is 28.4 Å². The van der Waals surface area contributed by atoms with Gasteiger partial charge in [-0.05, 0) is 48.5 Å². The molecule has 0 N–H and O–H groups in total. The molecule has 194 valence electrons. The summed E-state index contributed by atoms with van der Waals surface area (Å²) in [5.74, 6) is 1.49. The molecule has 0 aliphatic carbocycles. The number of hydrogen-bond acceptors (Lipinski definition) is 8. The van der Waals surface area contributed by atoms with Crippen LogP contribution in [-0.2, 0) is 7.05 Å². The lowest BCUT2D eigenvalue weighted by Gasteiger charge is -2.13. The Labute approximate surface area is 218 Å². The van der Waals surface area contributed by atoms with E-state index < -0.39 is 5.97 Å². The molecule has 0 bridgehead atoms. The van der Waals surface area contributed by atoms with E-state index in [1.54, 1.807) is 25.3 Å². The number of rotatable bonds is 7. The third kappa shape index (κ3) is 4.28. The van der Waals surface area contributed by atoms with Crippen molar-refractivity contribution in [1.82, 2.24) is 4.57 Å². The fourth-order valence-electron chi connectivity index (χ4n) is 4.38. The van der Waals surface area contributed by atoms with Crippen molar-refractivity contribution >= 4 is 28.7 Å². The van der Waals surface area contributed by atoms with Gasteiger partial charge in [0.25, 0.3) is 0 Å². The Kier molecular flexibility index (Phi) is 6.42. The minimum absolute atomic E-state index is 0.170. The molecule has 0 atom stereocenters. The number of aromatic nitrogens is 1. The van der Waals surface area contributed by atoms with Crippen molar-refractivity contribution in [2.75, 3.05) is 28.4 Å². The standard InChI is InChI=1S/C29H25NO8/c1-30-15-17(21-13-18(33-2)7-9-22(21)30)12-24-27(31)20-8-6-19(14-23(20)38-24)37-29(32)16-10-25(34-3)28(36-5)26(11-16)35-4/h6-15H,1-5H3/b24-12-. The zero-order chi connectivity index (χ0) is 27.0. The summed E-state index contributed by atoms with van der Waals surface area (Å²) in [4.78, 5) is 25.9. The normalized spacial score (nSPS) is 13.3. The van der Waals surface area contributed by atoms with Crippen molar-refractivity contribution < 1.29 is 38.0 Å². The van der Waals surface area contributed by atoms with Crippen LogP contribution in [0, 0.1) is 0 Å². The van der Waals surface area contributed by atoms with E-state index in [0.29, 0.717) is 34.3 Å². The SMILES string of the molecule is COc1ccc2c(c1)c(/C=C1\Oc3cc(OC(=O)c4cc(OC)c(OC)c(OC)c4)ccc3C1=O)cn2C. The summed E-state index contributed by atoms with van der Waals surface area (Å²) in [5.41, 5.74) is 2.37. The van der Waals surface area contributed by atoms with Crippen LogP contribution in [0.5, 0.6) is 34.5 Å². The molecule has 1 aliphatic rings. The average molecular weight is 516 g/mol. The number of ether oxygens (including phenoxy) is 6. The van der Waals surface area contributed by atoms with Gasteiger partial charge in [-0.15, -0.1) is 0 Å². The van der Waals surface area contributed by atoms with Crippen LogP contribution in [0.4, 0.5) is 0 Å². The first-order valence-electron chi connectivity index (χ1n) is 11.6. The molecule has 38 heavy (non-hydrogen) atoms. The lowest BCUT2D eigenvalue weighted by atomic mass is 10.1. The second-order valence-corrected chi connectivity index (χ2v) is 8.48. The highest BCUT2D eigenvalue weighted by Gasteiger charge is 2.29. The molecule has 3 aromatic carbocycles. The monoisotopic (exact) mass is 515 g/mol. The molecule has 0 radical (unpaired) electrons. The van der Waals surface area contributed by atoms with Gasteiger partial charge in [-0.2, -0.15) is 0 Å². The number of ketones is 1. The molecule has 0 amide bonds. The zero-order valence-corrected chi connectivity index (χ0v) is 21.5. The number of carbonyl (C=O) groups excluding carboxylic acids is 2. The van der Waals surface area contributed by atoms with Crippen LogP contribution >= 0.6 is 0 Å². The van der Waals surface area contributed by atoms with Gasteiger partial charge in [0.1, 0.15) is 17.2 Å². The number of Topliss-reactive ketones (excluding diaryl/α,β-unsaturated/α-hetero) is 1. The number of esters is 1. The number of carbonyl (C=O) groups is 2. The Morgan fingerprint density at radius 3 is 2.24 bits per heavy atom. The summed E-state index contributed by atoms with van der Waals surface area (Å²) in [6.07, 6.45) is 3.62. The van der Waals surface area contributed by atoms with Crippen molar-refractivity contribution in [1.29, 1.82) is 0 Å². The van der Waals surface area contributed by atoms with Crippen LogP contribution in [0.15, 0.2) is 60.5 Å². The van der Waals surface area contributed by atoms with E-state index in [2.05, 4.69) is 0 Å². The fourth-order valence-corrected chi connectivity index (χ4v) is 4.38. The summed E-state index contributed by atoms with van der Waals surface area (Å²) in [6.45, 7) is 0. The highest BCUT2D eigenvalue weighted by Crippen LogP contribution is 2.39. The van der Waals surface area contributed by atoms with Crippen molar-refractivity contribution in [2.45, 2.75) is 0 Å². The Bertz CT molecular complexity index is 1590. The lowest BCUT2D eigenvalue weighted by Crippen LogP contribution is -2.09. The number of allylic oxidation sites excluding steroid dienone is 1. The number of aryl methyl sites for hydroxylation is 1. The second kappa shape index (κ2) is 9.85. The second-order valence-electron chi connectivity index (χ2n) is 8.48. The maximum Gasteiger partial charge on any atom is 0.343 e. The van der Waals surface area contributed by atoms with E-state index in [1.807, 2.05) is 36.0 Å². The van der Waals surface area contributed by atoms with Crippen LogP contribution in [0.3, 0.4) is 0 Å². The maximum absolute atomic E-state index is 13.1. The molecular weight excluding hydrogens is 490 g/mol. The van der Waals surface area contributed by atoms with Crippen LogP contribution in [0.2, 0.25) is 0 Å². The Hall–Kier alpha value is -4.92. The van der Waals surface area contributed by atoms with Crippen LogP contribution in [0.1, 0.15) is 26.3 Å². The first-order valence-corrected chi connectivity index (χ1v) is 11.6. The van der Waals surface area contributed by atoms with Crippen LogP contribution in [0.25, 0.3) is 17.0 Å². The summed E-state index contributed by atoms with van der Waals surface area (Å²) in [7, 11) is 7.93. The van der Waals surface area contributed by atoms with Gasteiger partial charge in [-0.1, -0.05) is 0 Å². The molecule has 2 heterocycles. The molecule has 0 saturated heterocycles. The van der Waals surface area contributed by atoms with Crippen molar-refractivity contribution in [3.05, 3.63) is 77.2 Å². The van der Waals surface area contributed by atoms with E-state index in [-0.39, 0.29) is 22.9 Å². The van der Waals surface area contributed by atoms with E-state index in [9.17, 15) is 9.59 Å². The van der Waals surface area contributed by atoms with E-state index in [1.165, 1.54) is 39.5 Å². The molecular formula is C29H25NO8. The van der Waals surface area contributed by atoms with E-state index in [0.717, 1.165) is 16.5 Å². The largest absolute Gasteiger partial charge is 0.497 e. The minimum atomic E-state index is -0.644. The number of fused-ring (bicyclic) bond motifs is 2. The summed E-state index contributed by atoms with van der Waals surface area (Å²) in [5, 5.41) is 0.923. The lowest BCUT2D eigenvalue weighted by molar-refractivity contribution is 0.0733. The number of benzene rings is 3. The fraction of sp³-hybridized carbons (Fsp3) is 0.172. The topological polar surface area (TPSA) is 94.5 Å². The number of nitrogens with zero attached hydrogens (tertiary/aromatic N) is 1. The van der Waals surface area contributed by atoms with Gasteiger partial charge in [0, 0.05) is 35.8 Å². The van der Waals surface area contributed by atoms with E-state index >= 15 is 0 Å². The van der Waals surface area contributed by atoms with Gasteiger partial charge >= 0.3 is 5.97 Å². The zero-order valence-electron chi connectivity index (χ0n) is 21.5. The van der Waals surface area contributed by atoms with Gasteiger partial charge in [-0.3, -0.25) is 4.79 Å². The molecule has 5 rings (SSSR count). The van der Waals surface area contributed by atoms with Gasteiger partial charge in [-0.25, -0.2) is 4.79 Å². The first-order chi connectivity index (χ1) is 18.4. The van der Waals surface area contributed by atoms with Gasteiger partial charge in [0.05, 0.1) is 39.6 Å². The van der Waals surface area contributed by atoms with Gasteiger partial charge in [0.2, 0.25) is 11.5 Å². The molecule has 1 aliphatic heterocycles. The highest BCUT2D eigenvalue weighted by molar-refractivity contribution is 6.15. The summed E-state index contributed by atoms with van der Waals surface area (Å²) < 4.78 is 34.7. The quantitative estimate of drug-likeness (QED) is 0.192. The molecule has 4 aromatic rings. The predicted octanol–water partition coefficient (Wildman–Crippen LogP) is 5.05. The summed E-state index contributed by atoms with van der Waals surface area (Å²) >= 11 is 0. The summed E-state index contributed by atoms with van der Waals surface area (Å²) in [6, 6.07) is 13.4. The molecule has 0 saturated carbocycles. The third-order valence-electron chi connectivity index (χ3n) is 6.27.